The lowest BCUT2D eigenvalue weighted by atomic mass is 10.1. The van der Waals surface area contributed by atoms with E-state index in [-0.39, 0.29) is 17.5 Å². The first-order valence-corrected chi connectivity index (χ1v) is 12.7. The Hall–Kier alpha value is -3.86. The van der Waals surface area contributed by atoms with Crippen LogP contribution in [0.5, 0.6) is 0 Å². The molecule has 1 saturated carbocycles. The summed E-state index contributed by atoms with van der Waals surface area (Å²) in [7, 11) is -4.09. The molecule has 0 atom stereocenters. The number of carbonyl (C=O) groups is 1. The Morgan fingerprint density at radius 2 is 1.86 bits per heavy atom. The van der Waals surface area contributed by atoms with E-state index >= 15 is 0 Å². The molecule has 2 aromatic heterocycles. The van der Waals surface area contributed by atoms with Crippen molar-refractivity contribution in [2.45, 2.75) is 37.5 Å². The molecule has 1 aliphatic rings. The minimum absolute atomic E-state index is 0.00678. The van der Waals surface area contributed by atoms with E-state index in [0.29, 0.717) is 33.8 Å². The molecule has 180 valence electrons. The summed E-state index contributed by atoms with van der Waals surface area (Å²) in [6.45, 7) is 1.69. The minimum atomic E-state index is -4.09. The van der Waals surface area contributed by atoms with Gasteiger partial charge in [-0.05, 0) is 49.6 Å². The summed E-state index contributed by atoms with van der Waals surface area (Å²) in [5.41, 5.74) is 3.02. The van der Waals surface area contributed by atoms with E-state index in [4.69, 9.17) is 0 Å². The lowest BCUT2D eigenvalue weighted by Crippen LogP contribution is -2.20. The van der Waals surface area contributed by atoms with Gasteiger partial charge in [0.2, 0.25) is 5.91 Å². The third kappa shape index (κ3) is 4.72. The number of benzene rings is 2. The van der Waals surface area contributed by atoms with Gasteiger partial charge in [-0.2, -0.15) is 5.10 Å². The van der Waals surface area contributed by atoms with Gasteiger partial charge in [0.1, 0.15) is 10.7 Å². The van der Waals surface area contributed by atoms with Crippen LogP contribution in [0.1, 0.15) is 31.2 Å². The first kappa shape index (κ1) is 22.9. The monoisotopic (exact) mass is 494 g/mol. The van der Waals surface area contributed by atoms with Gasteiger partial charge in [0.15, 0.2) is 17.0 Å². The zero-order valence-electron chi connectivity index (χ0n) is 18.9. The van der Waals surface area contributed by atoms with Crippen molar-refractivity contribution >= 4 is 38.6 Å². The standard InChI is InChI=1S/C24H23FN6O3S/c1-14-6-11-18(25)20(12-14)35(33,34)31-17-9-7-15(8-10-17)19-13-26-21-22(27-19)29-30-23(21)28-24(32)16-4-2-3-5-16/h6-13,16,31H,2-5H2,1H3,(H2,27,28,29,30,32). The highest BCUT2D eigenvalue weighted by Gasteiger charge is 2.24. The van der Waals surface area contributed by atoms with E-state index in [1.807, 2.05) is 0 Å². The molecule has 4 aromatic rings. The SMILES string of the molecule is Cc1ccc(F)c(S(=O)(=O)Nc2ccc(-c3cnc4c(NC(=O)C5CCCC5)n[nH]c4n3)cc2)c1. The summed E-state index contributed by atoms with van der Waals surface area (Å²) in [6, 6.07) is 10.4. The second kappa shape index (κ2) is 9.06. The second-order valence-electron chi connectivity index (χ2n) is 8.61. The maximum Gasteiger partial charge on any atom is 0.264 e. The Morgan fingerprint density at radius 3 is 2.60 bits per heavy atom. The Kier molecular flexibility index (Phi) is 5.93. The summed E-state index contributed by atoms with van der Waals surface area (Å²) in [5, 5.41) is 9.79. The molecule has 35 heavy (non-hydrogen) atoms. The number of aromatic nitrogens is 4. The molecule has 0 bridgehead atoms. The number of nitrogens with zero attached hydrogens (tertiary/aromatic N) is 3. The number of hydrogen-bond donors (Lipinski definition) is 3. The van der Waals surface area contributed by atoms with E-state index < -0.39 is 20.7 Å². The second-order valence-corrected chi connectivity index (χ2v) is 10.3. The summed E-state index contributed by atoms with van der Waals surface area (Å²) in [5.74, 6) is -0.511. The number of anilines is 2. The van der Waals surface area contributed by atoms with Crippen LogP contribution >= 0.6 is 0 Å². The van der Waals surface area contributed by atoms with Gasteiger partial charge in [-0.15, -0.1) is 0 Å². The van der Waals surface area contributed by atoms with Crippen LogP contribution in [0.2, 0.25) is 0 Å². The van der Waals surface area contributed by atoms with Crippen molar-refractivity contribution in [3.8, 4) is 11.3 Å². The highest BCUT2D eigenvalue weighted by atomic mass is 32.2. The van der Waals surface area contributed by atoms with Crippen LogP contribution in [-0.4, -0.2) is 34.5 Å². The zero-order chi connectivity index (χ0) is 24.6. The first-order chi connectivity index (χ1) is 16.8. The maximum absolute atomic E-state index is 14.1. The molecular formula is C24H23FN6O3S. The minimum Gasteiger partial charge on any atom is -0.307 e. The van der Waals surface area contributed by atoms with Gasteiger partial charge in [-0.3, -0.25) is 14.6 Å². The fourth-order valence-electron chi connectivity index (χ4n) is 4.17. The molecule has 9 nitrogen and oxygen atoms in total. The number of aromatic amines is 1. The lowest BCUT2D eigenvalue weighted by Gasteiger charge is -2.10. The number of carbonyl (C=O) groups excluding carboxylic acids is 1. The fourth-order valence-corrected chi connectivity index (χ4v) is 5.39. The number of nitrogens with one attached hydrogen (secondary N) is 3. The predicted octanol–water partition coefficient (Wildman–Crippen LogP) is 4.40. The molecule has 1 amide bonds. The molecule has 2 aromatic carbocycles. The Bertz CT molecular complexity index is 1510. The topological polar surface area (TPSA) is 130 Å². The van der Waals surface area contributed by atoms with Gasteiger partial charge >= 0.3 is 0 Å². The van der Waals surface area contributed by atoms with Crippen molar-refractivity contribution in [3.63, 3.8) is 0 Å². The van der Waals surface area contributed by atoms with Crippen molar-refractivity contribution in [2.75, 3.05) is 10.0 Å². The molecule has 0 aliphatic heterocycles. The van der Waals surface area contributed by atoms with E-state index in [2.05, 4.69) is 30.2 Å². The van der Waals surface area contributed by atoms with Gasteiger partial charge in [0.05, 0.1) is 11.9 Å². The Labute approximate surface area is 201 Å². The van der Waals surface area contributed by atoms with E-state index in [0.717, 1.165) is 31.7 Å². The zero-order valence-corrected chi connectivity index (χ0v) is 19.7. The van der Waals surface area contributed by atoms with Crippen molar-refractivity contribution < 1.29 is 17.6 Å². The van der Waals surface area contributed by atoms with E-state index in [1.54, 1.807) is 37.4 Å². The number of aryl methyl sites for hydroxylation is 1. The molecule has 1 fully saturated rings. The normalized spacial score (nSPS) is 14.3. The van der Waals surface area contributed by atoms with Crippen LogP contribution in [0.4, 0.5) is 15.9 Å². The number of sulfonamides is 1. The van der Waals surface area contributed by atoms with E-state index in [1.165, 1.54) is 12.1 Å². The summed E-state index contributed by atoms with van der Waals surface area (Å²) < 4.78 is 41.7. The molecule has 0 radical (unpaired) electrons. The number of fused-ring (bicyclic) bond motifs is 1. The van der Waals surface area contributed by atoms with Crippen molar-refractivity contribution in [1.82, 2.24) is 20.2 Å². The highest BCUT2D eigenvalue weighted by molar-refractivity contribution is 7.92. The smallest absolute Gasteiger partial charge is 0.264 e. The van der Waals surface area contributed by atoms with Crippen molar-refractivity contribution in [2.24, 2.45) is 5.92 Å². The summed E-state index contributed by atoms with van der Waals surface area (Å²) >= 11 is 0. The van der Waals surface area contributed by atoms with E-state index in [9.17, 15) is 17.6 Å². The van der Waals surface area contributed by atoms with Crippen LogP contribution in [0.25, 0.3) is 22.4 Å². The summed E-state index contributed by atoms with van der Waals surface area (Å²) in [4.78, 5) is 20.9. The number of hydrogen-bond acceptors (Lipinski definition) is 6. The van der Waals surface area contributed by atoms with Crippen LogP contribution in [0, 0.1) is 18.7 Å². The number of rotatable bonds is 6. The molecule has 0 unspecified atom stereocenters. The largest absolute Gasteiger partial charge is 0.307 e. The molecule has 0 spiro atoms. The molecule has 1 aliphatic carbocycles. The number of H-pyrrole nitrogens is 1. The number of amides is 1. The third-order valence-electron chi connectivity index (χ3n) is 6.05. The highest BCUT2D eigenvalue weighted by Crippen LogP contribution is 2.28. The maximum atomic E-state index is 14.1. The predicted molar refractivity (Wildman–Crippen MR) is 130 cm³/mol. The molecule has 2 heterocycles. The summed E-state index contributed by atoms with van der Waals surface area (Å²) in [6.07, 6.45) is 5.45. The third-order valence-corrected chi connectivity index (χ3v) is 7.44. The number of halogens is 1. The molecular weight excluding hydrogens is 471 g/mol. The fraction of sp³-hybridized carbons (Fsp3) is 0.250. The Morgan fingerprint density at radius 1 is 1.11 bits per heavy atom. The molecule has 3 N–H and O–H groups in total. The van der Waals surface area contributed by atoms with Gasteiger partial charge < -0.3 is 5.32 Å². The average molecular weight is 495 g/mol. The quantitative estimate of drug-likeness (QED) is 0.364. The van der Waals surface area contributed by atoms with Gasteiger partial charge in [-0.1, -0.05) is 31.0 Å². The molecule has 5 rings (SSSR count). The van der Waals surface area contributed by atoms with Crippen LogP contribution in [0.15, 0.2) is 53.6 Å². The molecule has 0 saturated heterocycles. The van der Waals surface area contributed by atoms with Crippen molar-refractivity contribution in [1.29, 1.82) is 0 Å². The first-order valence-electron chi connectivity index (χ1n) is 11.2. The average Bonchev–Trinajstić information content (AvgIpc) is 3.51. The Balaban J connectivity index is 1.33. The van der Waals surface area contributed by atoms with Crippen LogP contribution < -0.4 is 10.0 Å². The van der Waals surface area contributed by atoms with Gasteiger partial charge in [-0.25, -0.2) is 22.8 Å². The lowest BCUT2D eigenvalue weighted by molar-refractivity contribution is -0.119. The van der Waals surface area contributed by atoms with Gasteiger partial charge in [0, 0.05) is 17.2 Å². The van der Waals surface area contributed by atoms with Crippen LogP contribution in [-0.2, 0) is 14.8 Å². The van der Waals surface area contributed by atoms with Gasteiger partial charge in [0.25, 0.3) is 10.0 Å². The molecule has 11 heteroatoms. The van der Waals surface area contributed by atoms with Crippen LogP contribution in [0.3, 0.4) is 0 Å². The van der Waals surface area contributed by atoms with Crippen molar-refractivity contribution in [3.05, 3.63) is 60.0 Å².